The number of hydrogen-bond acceptors (Lipinski definition) is 2. The molecule has 0 aliphatic heterocycles. The third-order valence-electron chi connectivity index (χ3n) is 2.64. The lowest BCUT2D eigenvalue weighted by Crippen LogP contribution is -2.04. The van der Waals surface area contributed by atoms with Crippen LogP contribution in [0.15, 0.2) is 54.8 Å². The highest BCUT2D eigenvalue weighted by molar-refractivity contribution is 5.82. The summed E-state index contributed by atoms with van der Waals surface area (Å²) in [6.07, 6.45) is -0.819. The van der Waals surface area contributed by atoms with Crippen LogP contribution in [0.25, 0.3) is 5.57 Å². The first kappa shape index (κ1) is 17.6. The highest BCUT2D eigenvalue weighted by Gasteiger charge is 2.30. The Balaban J connectivity index is 3.16. The van der Waals surface area contributed by atoms with Gasteiger partial charge >= 0.3 is 12.1 Å². The SMILES string of the molecule is C=C(OCC)C(=CC=CC(=O)O)c1ccc(C(F)(F)F)cc1. The van der Waals surface area contributed by atoms with E-state index < -0.39 is 17.7 Å². The van der Waals surface area contributed by atoms with E-state index in [1.165, 1.54) is 24.3 Å². The Morgan fingerprint density at radius 3 is 2.36 bits per heavy atom. The van der Waals surface area contributed by atoms with Gasteiger partial charge in [0.2, 0.25) is 0 Å². The first-order valence-electron chi connectivity index (χ1n) is 6.36. The normalized spacial score (nSPS) is 12.5. The average molecular weight is 312 g/mol. The van der Waals surface area contributed by atoms with Gasteiger partial charge in [-0.15, -0.1) is 0 Å². The Kier molecular flexibility index (Phi) is 5.98. The summed E-state index contributed by atoms with van der Waals surface area (Å²) < 4.78 is 42.9. The molecule has 0 spiro atoms. The molecule has 118 valence electrons. The molecule has 0 fully saturated rings. The molecule has 0 amide bonds. The zero-order valence-electron chi connectivity index (χ0n) is 11.9. The van der Waals surface area contributed by atoms with E-state index in [1.54, 1.807) is 6.92 Å². The van der Waals surface area contributed by atoms with Crippen molar-refractivity contribution in [3.63, 3.8) is 0 Å². The third kappa shape index (κ3) is 5.12. The fourth-order valence-corrected chi connectivity index (χ4v) is 1.67. The minimum Gasteiger partial charge on any atom is -0.494 e. The number of carbonyl (C=O) groups is 1. The van der Waals surface area contributed by atoms with Gasteiger partial charge in [0.1, 0.15) is 5.76 Å². The number of carboxylic acids is 1. The minimum absolute atomic E-state index is 0.247. The van der Waals surface area contributed by atoms with Gasteiger partial charge < -0.3 is 9.84 Å². The zero-order chi connectivity index (χ0) is 16.8. The highest BCUT2D eigenvalue weighted by atomic mass is 19.4. The molecule has 1 N–H and O–H groups in total. The molecule has 6 heteroatoms. The average Bonchev–Trinajstić information content (AvgIpc) is 2.43. The maximum absolute atomic E-state index is 12.6. The molecule has 0 atom stereocenters. The van der Waals surface area contributed by atoms with Crippen molar-refractivity contribution in [1.29, 1.82) is 0 Å². The molecule has 0 aliphatic carbocycles. The number of halogens is 3. The summed E-state index contributed by atoms with van der Waals surface area (Å²) >= 11 is 0. The maximum atomic E-state index is 12.6. The molecule has 22 heavy (non-hydrogen) atoms. The van der Waals surface area contributed by atoms with Gasteiger partial charge in [-0.25, -0.2) is 4.79 Å². The molecule has 0 aromatic heterocycles. The van der Waals surface area contributed by atoms with E-state index in [9.17, 15) is 18.0 Å². The topological polar surface area (TPSA) is 46.5 Å². The van der Waals surface area contributed by atoms with Gasteiger partial charge in [0.05, 0.1) is 12.2 Å². The lowest BCUT2D eigenvalue weighted by atomic mass is 10.0. The molecule has 1 aromatic rings. The van der Waals surface area contributed by atoms with Gasteiger partial charge in [0.15, 0.2) is 0 Å². The molecular formula is C16H15F3O3. The van der Waals surface area contributed by atoms with Crippen molar-refractivity contribution in [2.24, 2.45) is 0 Å². The largest absolute Gasteiger partial charge is 0.494 e. The Morgan fingerprint density at radius 2 is 1.91 bits per heavy atom. The molecule has 0 radical (unpaired) electrons. The van der Waals surface area contributed by atoms with Crippen molar-refractivity contribution in [2.45, 2.75) is 13.1 Å². The maximum Gasteiger partial charge on any atom is 0.416 e. The van der Waals surface area contributed by atoms with Gasteiger partial charge in [-0.05, 0) is 24.6 Å². The minimum atomic E-state index is -4.41. The summed E-state index contributed by atoms with van der Waals surface area (Å²) in [5.74, 6) is -0.887. The van der Waals surface area contributed by atoms with Crippen LogP contribution < -0.4 is 0 Å². The number of ether oxygens (including phenoxy) is 1. The number of benzene rings is 1. The number of rotatable bonds is 6. The first-order valence-corrected chi connectivity index (χ1v) is 6.36. The number of carboxylic acid groups (broad SMARTS) is 1. The lowest BCUT2D eigenvalue weighted by molar-refractivity contribution is -0.137. The van der Waals surface area contributed by atoms with E-state index in [1.807, 2.05) is 0 Å². The standard InChI is InChI=1S/C16H15F3O3/c1-3-22-11(2)14(5-4-6-15(20)21)12-7-9-13(10-8-12)16(17,18)19/h4-10H,2-3H2,1H3,(H,20,21). The Bertz CT molecular complexity index is 596. The van der Waals surface area contributed by atoms with Gasteiger partial charge in [0.25, 0.3) is 0 Å². The second kappa shape index (κ2) is 7.49. The number of allylic oxidation sites excluding steroid dienone is 3. The van der Waals surface area contributed by atoms with Crippen LogP contribution in [0.4, 0.5) is 13.2 Å². The van der Waals surface area contributed by atoms with Crippen LogP contribution in [-0.2, 0) is 15.7 Å². The molecule has 3 nitrogen and oxygen atoms in total. The Labute approximate surface area is 126 Å². The van der Waals surface area contributed by atoms with E-state index in [-0.39, 0.29) is 5.76 Å². The third-order valence-corrected chi connectivity index (χ3v) is 2.64. The molecule has 0 saturated carbocycles. The van der Waals surface area contributed by atoms with Crippen LogP contribution in [0.5, 0.6) is 0 Å². The fourth-order valence-electron chi connectivity index (χ4n) is 1.67. The smallest absolute Gasteiger partial charge is 0.416 e. The van der Waals surface area contributed by atoms with Crippen molar-refractivity contribution >= 4 is 11.5 Å². The van der Waals surface area contributed by atoms with E-state index in [0.717, 1.165) is 18.2 Å². The summed E-state index contributed by atoms with van der Waals surface area (Å²) in [4.78, 5) is 10.5. The molecule has 0 saturated heterocycles. The summed E-state index contributed by atoms with van der Waals surface area (Å²) in [6, 6.07) is 4.47. The summed E-state index contributed by atoms with van der Waals surface area (Å²) in [6.45, 7) is 5.77. The second-order valence-corrected chi connectivity index (χ2v) is 4.21. The summed E-state index contributed by atoms with van der Waals surface area (Å²) in [7, 11) is 0. The molecule has 0 heterocycles. The van der Waals surface area contributed by atoms with Crippen molar-refractivity contribution in [3.05, 3.63) is 66.0 Å². The van der Waals surface area contributed by atoms with Gasteiger partial charge in [-0.3, -0.25) is 0 Å². The molecule has 0 aliphatic rings. The van der Waals surface area contributed by atoms with Gasteiger partial charge in [-0.1, -0.05) is 30.9 Å². The van der Waals surface area contributed by atoms with Crippen molar-refractivity contribution in [1.82, 2.24) is 0 Å². The number of aliphatic carboxylic acids is 1. The van der Waals surface area contributed by atoms with Gasteiger partial charge in [-0.2, -0.15) is 13.2 Å². The van der Waals surface area contributed by atoms with E-state index >= 15 is 0 Å². The van der Waals surface area contributed by atoms with Crippen molar-refractivity contribution in [2.75, 3.05) is 6.61 Å². The van der Waals surface area contributed by atoms with E-state index in [4.69, 9.17) is 9.84 Å². The van der Waals surface area contributed by atoms with Crippen LogP contribution in [0.1, 0.15) is 18.1 Å². The quantitative estimate of drug-likeness (QED) is 0.484. The molecule has 1 aromatic carbocycles. The zero-order valence-corrected chi connectivity index (χ0v) is 11.9. The van der Waals surface area contributed by atoms with E-state index in [0.29, 0.717) is 17.7 Å². The predicted octanol–water partition coefficient (Wildman–Crippen LogP) is 4.28. The monoisotopic (exact) mass is 312 g/mol. The Hall–Kier alpha value is -2.50. The second-order valence-electron chi connectivity index (χ2n) is 4.21. The van der Waals surface area contributed by atoms with Crippen LogP contribution in [0, 0.1) is 0 Å². The van der Waals surface area contributed by atoms with Crippen LogP contribution in [-0.4, -0.2) is 17.7 Å². The van der Waals surface area contributed by atoms with Crippen molar-refractivity contribution in [3.8, 4) is 0 Å². The molecule has 0 unspecified atom stereocenters. The molecular weight excluding hydrogens is 297 g/mol. The number of alkyl halides is 3. The Morgan fingerprint density at radius 1 is 1.32 bits per heavy atom. The first-order chi connectivity index (χ1) is 10.3. The van der Waals surface area contributed by atoms with Crippen molar-refractivity contribution < 1.29 is 27.8 Å². The molecule has 0 bridgehead atoms. The van der Waals surface area contributed by atoms with Crippen LogP contribution >= 0.6 is 0 Å². The lowest BCUT2D eigenvalue weighted by Gasteiger charge is -2.13. The predicted molar refractivity (Wildman–Crippen MR) is 77.0 cm³/mol. The van der Waals surface area contributed by atoms with Crippen LogP contribution in [0.2, 0.25) is 0 Å². The number of hydrogen-bond donors (Lipinski definition) is 1. The van der Waals surface area contributed by atoms with Gasteiger partial charge in [0, 0.05) is 11.6 Å². The van der Waals surface area contributed by atoms with Crippen LogP contribution in [0.3, 0.4) is 0 Å². The fraction of sp³-hybridized carbons (Fsp3) is 0.188. The van der Waals surface area contributed by atoms with E-state index in [2.05, 4.69) is 6.58 Å². The highest BCUT2D eigenvalue weighted by Crippen LogP contribution is 2.31. The molecule has 1 rings (SSSR count). The summed E-state index contributed by atoms with van der Waals surface area (Å²) in [5.41, 5.74) is 0.0910. The summed E-state index contributed by atoms with van der Waals surface area (Å²) in [5, 5.41) is 8.57.